The van der Waals surface area contributed by atoms with Crippen molar-refractivity contribution in [2.45, 2.75) is 13.0 Å². The fourth-order valence-electron chi connectivity index (χ4n) is 1.99. The van der Waals surface area contributed by atoms with E-state index in [1.165, 1.54) is 6.07 Å². The molecule has 0 aliphatic carbocycles. The van der Waals surface area contributed by atoms with Gasteiger partial charge in [-0.2, -0.15) is 0 Å². The predicted octanol–water partition coefficient (Wildman–Crippen LogP) is 1.40. The number of rotatable bonds is 4. The molecular weight excluding hydrogens is 221 g/mol. The van der Waals surface area contributed by atoms with E-state index in [1.54, 1.807) is 12.1 Å². The van der Waals surface area contributed by atoms with E-state index >= 15 is 0 Å². The Kier molecular flexibility index (Phi) is 4.23. The monoisotopic (exact) mass is 237 g/mol. The minimum Gasteiger partial charge on any atom is -0.379 e. The first-order valence-electron chi connectivity index (χ1n) is 5.80. The van der Waals surface area contributed by atoms with Crippen LogP contribution in [0.3, 0.4) is 0 Å². The number of hydrogen-bond acceptors (Lipinski definition) is 3. The van der Waals surface area contributed by atoms with Gasteiger partial charge in [0.2, 0.25) is 0 Å². The maximum absolute atomic E-state index is 13.3. The Balaban J connectivity index is 2.04. The smallest absolute Gasteiger partial charge is 0.126 e. The van der Waals surface area contributed by atoms with Gasteiger partial charge >= 0.3 is 0 Å². The minimum atomic E-state index is -0.303. The molecule has 4 heteroatoms. The fourth-order valence-corrected chi connectivity index (χ4v) is 1.99. The van der Waals surface area contributed by atoms with Gasteiger partial charge in [0.1, 0.15) is 12.1 Å². The third-order valence-electron chi connectivity index (χ3n) is 2.92. The van der Waals surface area contributed by atoms with Crippen LogP contribution in [-0.2, 0) is 22.5 Å². The molecule has 1 saturated heterocycles. The molecule has 0 saturated carbocycles. The van der Waals surface area contributed by atoms with Gasteiger partial charge < -0.3 is 9.53 Å². The summed E-state index contributed by atoms with van der Waals surface area (Å²) >= 11 is 0. The van der Waals surface area contributed by atoms with E-state index in [0.29, 0.717) is 5.56 Å². The van der Waals surface area contributed by atoms with E-state index < -0.39 is 0 Å². The highest BCUT2D eigenvalue weighted by Crippen LogP contribution is 2.13. The first-order chi connectivity index (χ1) is 8.29. The van der Waals surface area contributed by atoms with Crippen molar-refractivity contribution < 1.29 is 13.9 Å². The zero-order valence-corrected chi connectivity index (χ0v) is 9.69. The fraction of sp³-hybridized carbons (Fsp3) is 0.462. The maximum Gasteiger partial charge on any atom is 0.126 e. The average molecular weight is 237 g/mol. The standard InChI is InChI=1S/C13H16FNO2/c14-13-2-1-11(9-12(13)3-6-16)10-15-4-7-17-8-5-15/h1-2,6,9H,3-5,7-8,10H2. The van der Waals surface area contributed by atoms with Crippen molar-refractivity contribution >= 4 is 6.29 Å². The van der Waals surface area contributed by atoms with Crippen LogP contribution in [0.15, 0.2) is 18.2 Å². The summed E-state index contributed by atoms with van der Waals surface area (Å²) in [5, 5.41) is 0. The molecule has 0 unspecified atom stereocenters. The zero-order chi connectivity index (χ0) is 12.1. The molecule has 0 spiro atoms. The summed E-state index contributed by atoms with van der Waals surface area (Å²) in [6.45, 7) is 4.10. The van der Waals surface area contributed by atoms with Gasteiger partial charge in [0.15, 0.2) is 0 Å². The van der Waals surface area contributed by atoms with Crippen molar-refractivity contribution in [3.63, 3.8) is 0 Å². The minimum absolute atomic E-state index is 0.142. The third kappa shape index (κ3) is 3.35. The molecule has 1 fully saturated rings. The van der Waals surface area contributed by atoms with Crippen molar-refractivity contribution in [3.8, 4) is 0 Å². The van der Waals surface area contributed by atoms with Crippen LogP contribution in [0.1, 0.15) is 11.1 Å². The maximum atomic E-state index is 13.3. The van der Waals surface area contributed by atoms with Crippen LogP contribution < -0.4 is 0 Å². The molecule has 0 amide bonds. The summed E-state index contributed by atoms with van der Waals surface area (Å²) in [5.41, 5.74) is 1.52. The molecule has 17 heavy (non-hydrogen) atoms. The van der Waals surface area contributed by atoms with E-state index in [9.17, 15) is 9.18 Å². The van der Waals surface area contributed by atoms with Crippen molar-refractivity contribution in [2.24, 2.45) is 0 Å². The van der Waals surface area contributed by atoms with Crippen LogP contribution in [0.4, 0.5) is 4.39 Å². The van der Waals surface area contributed by atoms with Crippen molar-refractivity contribution in [1.29, 1.82) is 0 Å². The third-order valence-corrected chi connectivity index (χ3v) is 2.92. The first-order valence-corrected chi connectivity index (χ1v) is 5.80. The molecule has 92 valence electrons. The van der Waals surface area contributed by atoms with E-state index in [4.69, 9.17) is 4.74 Å². The van der Waals surface area contributed by atoms with Gasteiger partial charge in [0, 0.05) is 26.1 Å². The number of ether oxygens (including phenoxy) is 1. The second-order valence-corrected chi connectivity index (χ2v) is 4.19. The molecule has 0 N–H and O–H groups in total. The molecule has 1 heterocycles. The second-order valence-electron chi connectivity index (χ2n) is 4.19. The normalized spacial score (nSPS) is 17.0. The Morgan fingerprint density at radius 2 is 2.12 bits per heavy atom. The summed E-state index contributed by atoms with van der Waals surface area (Å²) in [6.07, 6.45) is 0.875. The highest BCUT2D eigenvalue weighted by Gasteiger charge is 2.11. The lowest BCUT2D eigenvalue weighted by atomic mass is 10.1. The van der Waals surface area contributed by atoms with Crippen LogP contribution >= 0.6 is 0 Å². The number of carbonyl (C=O) groups excluding carboxylic acids is 1. The van der Waals surface area contributed by atoms with Gasteiger partial charge in [-0.1, -0.05) is 12.1 Å². The Morgan fingerprint density at radius 1 is 1.35 bits per heavy atom. The van der Waals surface area contributed by atoms with Crippen molar-refractivity contribution in [2.75, 3.05) is 26.3 Å². The lowest BCUT2D eigenvalue weighted by molar-refractivity contribution is -0.107. The van der Waals surface area contributed by atoms with Crippen LogP contribution in [0.2, 0.25) is 0 Å². The zero-order valence-electron chi connectivity index (χ0n) is 9.69. The summed E-state index contributed by atoms with van der Waals surface area (Å²) in [7, 11) is 0. The van der Waals surface area contributed by atoms with Gasteiger partial charge in [0.25, 0.3) is 0 Å². The molecule has 0 atom stereocenters. The Morgan fingerprint density at radius 3 is 2.82 bits per heavy atom. The highest BCUT2D eigenvalue weighted by molar-refractivity contribution is 5.55. The number of morpholine rings is 1. The second kappa shape index (κ2) is 5.89. The molecule has 2 rings (SSSR count). The molecule has 0 bridgehead atoms. The number of halogens is 1. The Labute approximate surface area is 100 Å². The van der Waals surface area contributed by atoms with Gasteiger partial charge in [-0.3, -0.25) is 4.90 Å². The van der Waals surface area contributed by atoms with Crippen molar-refractivity contribution in [1.82, 2.24) is 4.90 Å². The number of hydrogen-bond donors (Lipinski definition) is 0. The molecule has 1 aliphatic heterocycles. The Hall–Kier alpha value is -1.26. The van der Waals surface area contributed by atoms with E-state index in [-0.39, 0.29) is 12.2 Å². The van der Waals surface area contributed by atoms with Gasteiger partial charge in [-0.15, -0.1) is 0 Å². The number of nitrogens with zero attached hydrogens (tertiary/aromatic N) is 1. The Bertz CT molecular complexity index is 389. The van der Waals surface area contributed by atoms with Crippen LogP contribution in [0.5, 0.6) is 0 Å². The van der Waals surface area contributed by atoms with Crippen LogP contribution in [-0.4, -0.2) is 37.5 Å². The van der Waals surface area contributed by atoms with E-state index in [2.05, 4.69) is 4.90 Å². The lowest BCUT2D eigenvalue weighted by Gasteiger charge is -2.26. The summed E-state index contributed by atoms with van der Waals surface area (Å²) in [5.74, 6) is -0.303. The molecule has 0 aromatic heterocycles. The van der Waals surface area contributed by atoms with E-state index in [0.717, 1.165) is 44.7 Å². The molecule has 1 aromatic carbocycles. The van der Waals surface area contributed by atoms with Crippen molar-refractivity contribution in [3.05, 3.63) is 35.1 Å². The largest absolute Gasteiger partial charge is 0.379 e. The quantitative estimate of drug-likeness (QED) is 0.741. The summed E-state index contributed by atoms with van der Waals surface area (Å²) < 4.78 is 18.6. The summed E-state index contributed by atoms with van der Waals surface area (Å²) in [4.78, 5) is 12.7. The predicted molar refractivity (Wildman–Crippen MR) is 62.3 cm³/mol. The van der Waals surface area contributed by atoms with E-state index in [1.807, 2.05) is 0 Å². The molecule has 0 radical (unpaired) electrons. The van der Waals surface area contributed by atoms with Gasteiger partial charge in [-0.05, 0) is 17.2 Å². The lowest BCUT2D eigenvalue weighted by Crippen LogP contribution is -2.35. The average Bonchev–Trinajstić information content (AvgIpc) is 2.35. The van der Waals surface area contributed by atoms with Gasteiger partial charge in [-0.25, -0.2) is 4.39 Å². The van der Waals surface area contributed by atoms with Crippen LogP contribution in [0.25, 0.3) is 0 Å². The highest BCUT2D eigenvalue weighted by atomic mass is 19.1. The number of benzene rings is 1. The molecule has 1 aromatic rings. The SMILES string of the molecule is O=CCc1cc(CN2CCOCC2)ccc1F. The first kappa shape index (κ1) is 12.2. The summed E-state index contributed by atoms with van der Waals surface area (Å²) in [6, 6.07) is 4.99. The van der Waals surface area contributed by atoms with Gasteiger partial charge in [0.05, 0.1) is 13.2 Å². The molecular formula is C13H16FNO2. The topological polar surface area (TPSA) is 29.5 Å². The number of aldehydes is 1. The number of carbonyl (C=O) groups is 1. The molecule has 1 aliphatic rings. The van der Waals surface area contributed by atoms with Crippen LogP contribution in [0, 0.1) is 5.82 Å². The molecule has 3 nitrogen and oxygen atoms in total.